The Morgan fingerprint density at radius 1 is 0.821 bits per heavy atom. The number of unbranched alkanes of at least 4 members (excludes halogenated alkanes) is 11. The second-order valence-electron chi connectivity index (χ2n) is 8.80. The van der Waals surface area contributed by atoms with Crippen molar-refractivity contribution in [2.45, 2.75) is 97.4 Å². The highest BCUT2D eigenvalue weighted by molar-refractivity contribution is 5.27. The zero-order valence-corrected chi connectivity index (χ0v) is 20.0. The third-order valence-corrected chi connectivity index (χ3v) is 5.52. The molecule has 28 heavy (non-hydrogen) atoms. The molecule has 0 aliphatic carbocycles. The maximum Gasteiger partial charge on any atom is 0.140 e. The normalized spacial score (nSPS) is 11.3. The van der Waals surface area contributed by atoms with Gasteiger partial charge in [0.05, 0.1) is 39.1 Å². The Kier molecular flexibility index (Phi) is 15.6. The van der Waals surface area contributed by atoms with Crippen molar-refractivity contribution in [2.75, 3.05) is 27.7 Å². The maximum atomic E-state index is 5.31. The van der Waals surface area contributed by atoms with Gasteiger partial charge in [0.1, 0.15) is 12.3 Å². The van der Waals surface area contributed by atoms with Gasteiger partial charge in [-0.05, 0) is 31.9 Å². The van der Waals surface area contributed by atoms with E-state index in [-0.39, 0.29) is 12.4 Å². The second-order valence-corrected chi connectivity index (χ2v) is 8.80. The van der Waals surface area contributed by atoms with Crippen molar-refractivity contribution in [1.82, 2.24) is 4.98 Å². The molecule has 4 heteroatoms. The average molecular weight is 413 g/mol. The fourth-order valence-electron chi connectivity index (χ4n) is 3.80. The molecule has 0 atom stereocenters. The van der Waals surface area contributed by atoms with Crippen molar-refractivity contribution < 1.29 is 21.6 Å². The number of aromatic nitrogens is 1. The molecule has 1 aromatic heterocycles. The molecule has 0 spiro atoms. The van der Waals surface area contributed by atoms with Gasteiger partial charge in [0.15, 0.2) is 0 Å². The van der Waals surface area contributed by atoms with Gasteiger partial charge >= 0.3 is 0 Å². The lowest BCUT2D eigenvalue weighted by Crippen LogP contribution is -3.00. The molecule has 0 aliphatic rings. The van der Waals surface area contributed by atoms with Gasteiger partial charge in [-0.15, -0.1) is 0 Å². The molecule has 1 rings (SSSR count). The fraction of sp³-hybridized carbons (Fsp3) is 0.792. The summed E-state index contributed by atoms with van der Waals surface area (Å²) in [5.41, 5.74) is 2.15. The smallest absolute Gasteiger partial charge is 0.140 e. The van der Waals surface area contributed by atoms with Gasteiger partial charge < -0.3 is 21.6 Å². The topological polar surface area (TPSA) is 22.1 Å². The van der Waals surface area contributed by atoms with Gasteiger partial charge in [-0.2, -0.15) is 0 Å². The molecule has 0 bridgehead atoms. The van der Waals surface area contributed by atoms with E-state index >= 15 is 0 Å². The standard InChI is InChI=1S/C24H45N2O.ClH/c1-6-7-8-9-10-11-12-13-14-15-16-17-20-26(3,4)21-23-18-19-24(27-5)22(2)25-23;/h18-19H,6-17,20-21H2,1-5H3;1H/q+1;/p-1. The number of methoxy groups -OCH3 is 1. The first-order chi connectivity index (χ1) is 13.0. The molecule has 0 aromatic carbocycles. The van der Waals surface area contributed by atoms with E-state index in [1.165, 1.54) is 83.6 Å². The number of halogens is 1. The molecule has 0 N–H and O–H groups in total. The monoisotopic (exact) mass is 412 g/mol. The van der Waals surface area contributed by atoms with Crippen molar-refractivity contribution in [3.05, 3.63) is 23.5 Å². The lowest BCUT2D eigenvalue weighted by Gasteiger charge is -2.29. The Morgan fingerprint density at radius 2 is 1.32 bits per heavy atom. The van der Waals surface area contributed by atoms with Gasteiger partial charge in [0.25, 0.3) is 0 Å². The van der Waals surface area contributed by atoms with Crippen LogP contribution >= 0.6 is 0 Å². The Balaban J connectivity index is 0.00000729. The number of aryl methyl sites for hydroxylation is 1. The molecular formula is C24H45ClN2O. The summed E-state index contributed by atoms with van der Waals surface area (Å²) in [6, 6.07) is 4.15. The Hall–Kier alpha value is -0.800. The zero-order chi connectivity index (χ0) is 20.0. The Morgan fingerprint density at radius 3 is 1.79 bits per heavy atom. The van der Waals surface area contributed by atoms with Crippen LogP contribution in [0.15, 0.2) is 12.1 Å². The molecule has 0 aliphatic heterocycles. The van der Waals surface area contributed by atoms with E-state index in [1.54, 1.807) is 7.11 Å². The maximum absolute atomic E-state index is 5.31. The third-order valence-electron chi connectivity index (χ3n) is 5.52. The SMILES string of the molecule is CCCCCCCCCCCCCC[N+](C)(C)Cc1ccc(OC)c(C)n1.[Cl-]. The molecule has 1 aromatic rings. The minimum absolute atomic E-state index is 0. The van der Waals surface area contributed by atoms with E-state index in [0.717, 1.165) is 28.2 Å². The van der Waals surface area contributed by atoms with Crippen molar-refractivity contribution in [2.24, 2.45) is 0 Å². The highest BCUT2D eigenvalue weighted by Gasteiger charge is 2.17. The predicted octanol–water partition coefficient (Wildman–Crippen LogP) is 3.68. The highest BCUT2D eigenvalue weighted by Crippen LogP contribution is 2.18. The molecule has 0 saturated carbocycles. The van der Waals surface area contributed by atoms with Gasteiger partial charge in [0, 0.05) is 0 Å². The van der Waals surface area contributed by atoms with E-state index in [1.807, 2.05) is 13.0 Å². The molecule has 0 fully saturated rings. The number of ether oxygens (including phenoxy) is 1. The third kappa shape index (κ3) is 12.6. The minimum Gasteiger partial charge on any atom is -1.00 e. The highest BCUT2D eigenvalue weighted by atomic mass is 35.5. The Labute approximate surface area is 181 Å². The molecule has 0 saturated heterocycles. The van der Waals surface area contributed by atoms with E-state index in [9.17, 15) is 0 Å². The van der Waals surface area contributed by atoms with Crippen molar-refractivity contribution in [1.29, 1.82) is 0 Å². The quantitative estimate of drug-likeness (QED) is 0.305. The summed E-state index contributed by atoms with van der Waals surface area (Å²) in [6.45, 7) is 6.53. The molecular weight excluding hydrogens is 368 g/mol. The van der Waals surface area contributed by atoms with Crippen LogP contribution in [0.4, 0.5) is 0 Å². The largest absolute Gasteiger partial charge is 1.00 e. The number of hydrogen-bond donors (Lipinski definition) is 0. The van der Waals surface area contributed by atoms with Crippen LogP contribution in [-0.4, -0.2) is 37.2 Å². The molecule has 0 amide bonds. The first-order valence-electron chi connectivity index (χ1n) is 11.3. The summed E-state index contributed by atoms with van der Waals surface area (Å²) in [5.74, 6) is 0.880. The van der Waals surface area contributed by atoms with Crippen LogP contribution in [0.1, 0.15) is 95.4 Å². The van der Waals surface area contributed by atoms with Crippen LogP contribution in [0, 0.1) is 6.92 Å². The Bertz CT molecular complexity index is 505. The summed E-state index contributed by atoms with van der Waals surface area (Å²) in [6.07, 6.45) is 16.9. The van der Waals surface area contributed by atoms with Gasteiger partial charge in [-0.25, -0.2) is 4.98 Å². The van der Waals surface area contributed by atoms with Crippen LogP contribution < -0.4 is 17.1 Å². The van der Waals surface area contributed by atoms with Crippen molar-refractivity contribution >= 4 is 0 Å². The van der Waals surface area contributed by atoms with Crippen LogP contribution in [-0.2, 0) is 6.54 Å². The summed E-state index contributed by atoms with van der Waals surface area (Å²) < 4.78 is 6.32. The van der Waals surface area contributed by atoms with Gasteiger partial charge in [0.2, 0.25) is 0 Å². The number of nitrogens with zero attached hydrogens (tertiary/aromatic N) is 2. The van der Waals surface area contributed by atoms with Gasteiger partial charge in [-0.1, -0.05) is 71.1 Å². The van der Waals surface area contributed by atoms with Crippen molar-refractivity contribution in [3.8, 4) is 5.75 Å². The summed E-state index contributed by atoms with van der Waals surface area (Å²) >= 11 is 0. The van der Waals surface area contributed by atoms with Crippen LogP contribution in [0.2, 0.25) is 0 Å². The first kappa shape index (κ1) is 27.2. The molecule has 3 nitrogen and oxygen atoms in total. The van der Waals surface area contributed by atoms with Crippen molar-refractivity contribution in [3.63, 3.8) is 0 Å². The van der Waals surface area contributed by atoms with Gasteiger partial charge in [-0.3, -0.25) is 0 Å². The van der Waals surface area contributed by atoms with Crippen LogP contribution in [0.5, 0.6) is 5.75 Å². The summed E-state index contributed by atoms with van der Waals surface area (Å²) in [7, 11) is 6.34. The number of rotatable bonds is 16. The molecule has 0 radical (unpaired) electrons. The van der Waals surface area contributed by atoms with E-state index < -0.39 is 0 Å². The lowest BCUT2D eigenvalue weighted by atomic mass is 10.1. The van der Waals surface area contributed by atoms with E-state index in [4.69, 9.17) is 9.72 Å². The zero-order valence-electron chi connectivity index (χ0n) is 19.2. The minimum atomic E-state index is 0. The number of hydrogen-bond acceptors (Lipinski definition) is 2. The molecule has 0 unspecified atom stereocenters. The second kappa shape index (κ2) is 16.0. The molecule has 1 heterocycles. The van der Waals surface area contributed by atoms with E-state index in [0.29, 0.717) is 0 Å². The fourth-order valence-corrected chi connectivity index (χ4v) is 3.80. The number of quaternary nitrogens is 1. The number of pyridine rings is 1. The predicted molar refractivity (Wildman–Crippen MR) is 117 cm³/mol. The summed E-state index contributed by atoms with van der Waals surface area (Å²) in [4.78, 5) is 4.70. The average Bonchev–Trinajstić information content (AvgIpc) is 2.62. The lowest BCUT2D eigenvalue weighted by molar-refractivity contribution is -0.904. The molecule has 164 valence electrons. The van der Waals surface area contributed by atoms with E-state index in [2.05, 4.69) is 27.1 Å². The van der Waals surface area contributed by atoms with Crippen LogP contribution in [0.25, 0.3) is 0 Å². The summed E-state index contributed by atoms with van der Waals surface area (Å²) in [5, 5.41) is 0. The first-order valence-corrected chi connectivity index (χ1v) is 11.3. The van der Waals surface area contributed by atoms with Crippen LogP contribution in [0.3, 0.4) is 0 Å².